The molecule has 5 aromatic heterocycles. The highest BCUT2D eigenvalue weighted by atomic mass is 15.0. The minimum absolute atomic E-state index is 0.984. The zero-order valence-corrected chi connectivity index (χ0v) is 22.8. The van der Waals surface area contributed by atoms with E-state index in [-0.39, 0.29) is 0 Å². The van der Waals surface area contributed by atoms with Crippen LogP contribution >= 0.6 is 0 Å². The summed E-state index contributed by atoms with van der Waals surface area (Å²) in [5, 5.41) is 6.19. The first-order valence-corrected chi connectivity index (χ1v) is 14.6. The van der Waals surface area contributed by atoms with Crippen molar-refractivity contribution in [3.63, 3.8) is 0 Å². The second kappa shape index (κ2) is 8.05. The van der Waals surface area contributed by atoms with Gasteiger partial charge in [0.25, 0.3) is 0 Å². The Morgan fingerprint density at radius 2 is 1.33 bits per heavy atom. The van der Waals surface area contributed by atoms with E-state index >= 15 is 0 Å². The van der Waals surface area contributed by atoms with Gasteiger partial charge >= 0.3 is 0 Å². The van der Waals surface area contributed by atoms with Crippen LogP contribution in [0.3, 0.4) is 0 Å². The van der Waals surface area contributed by atoms with E-state index in [0.717, 1.165) is 41.1 Å². The number of rotatable bonds is 2. The number of imidazole rings is 2. The Morgan fingerprint density at radius 1 is 0.548 bits per heavy atom. The van der Waals surface area contributed by atoms with Crippen LogP contribution < -0.4 is 0 Å². The lowest BCUT2D eigenvalue weighted by Gasteiger charge is -2.13. The SMILES string of the molecule is C1=Cc2nc3c4ccccc4c4ccc(-c5ccc6c(c5)c5c(-c7ccccc7)nc7cccc6n75)cc4n3c2CC1. The van der Waals surface area contributed by atoms with Crippen molar-refractivity contribution in [2.24, 2.45) is 0 Å². The predicted molar refractivity (Wildman–Crippen MR) is 173 cm³/mol. The van der Waals surface area contributed by atoms with E-state index in [4.69, 9.17) is 9.97 Å². The summed E-state index contributed by atoms with van der Waals surface area (Å²) in [6.45, 7) is 0. The molecule has 0 atom stereocenters. The molecule has 1 aliphatic carbocycles. The van der Waals surface area contributed by atoms with Crippen LogP contribution in [-0.2, 0) is 6.42 Å². The standard InChI is InChI=1S/C38H24N4/c1-2-9-23(10-3-1)36-37-30-21-24(17-20-28(30)32-15-8-16-35(40-36)42(32)37)25-18-19-27-26-11-4-5-12-29(26)38-39-31-13-6-7-14-33(31)41(38)34(27)22-25/h1-6,8-13,15-22H,7,14H2. The van der Waals surface area contributed by atoms with Crippen LogP contribution in [-0.4, -0.2) is 18.8 Å². The van der Waals surface area contributed by atoms with E-state index in [2.05, 4.69) is 130 Å². The molecule has 0 aliphatic heterocycles. The summed E-state index contributed by atoms with van der Waals surface area (Å²) in [5.41, 5.74) is 12.6. The Morgan fingerprint density at radius 3 is 2.21 bits per heavy atom. The number of hydrogen-bond donors (Lipinski definition) is 0. The molecule has 0 spiro atoms. The van der Waals surface area contributed by atoms with Crippen molar-refractivity contribution in [3.05, 3.63) is 127 Å². The highest BCUT2D eigenvalue weighted by molar-refractivity contribution is 6.16. The molecule has 0 unspecified atom stereocenters. The van der Waals surface area contributed by atoms with Gasteiger partial charge in [-0.1, -0.05) is 91.0 Å². The molecule has 0 saturated heterocycles. The van der Waals surface area contributed by atoms with E-state index in [0.29, 0.717) is 0 Å². The fourth-order valence-electron chi connectivity index (χ4n) is 7.23. The molecule has 1 aliphatic rings. The highest BCUT2D eigenvalue weighted by Gasteiger charge is 2.21. The van der Waals surface area contributed by atoms with Gasteiger partial charge < -0.3 is 0 Å². The molecule has 0 N–H and O–H groups in total. The number of nitrogens with zero attached hydrogens (tertiary/aromatic N) is 4. The summed E-state index contributed by atoms with van der Waals surface area (Å²) in [6.07, 6.45) is 6.47. The van der Waals surface area contributed by atoms with Crippen LogP contribution in [0.2, 0.25) is 0 Å². The van der Waals surface area contributed by atoms with Crippen LogP contribution in [0, 0.1) is 0 Å². The molecule has 0 saturated carbocycles. The average Bonchev–Trinajstić information content (AvgIpc) is 3.74. The molecule has 42 heavy (non-hydrogen) atoms. The highest BCUT2D eigenvalue weighted by Crippen LogP contribution is 2.40. The summed E-state index contributed by atoms with van der Waals surface area (Å²) in [5.74, 6) is 0. The van der Waals surface area contributed by atoms with Gasteiger partial charge in [0.05, 0.1) is 33.6 Å². The van der Waals surface area contributed by atoms with Gasteiger partial charge in [0.15, 0.2) is 0 Å². The Kier molecular flexibility index (Phi) is 4.26. The second-order valence-electron chi connectivity index (χ2n) is 11.4. The minimum Gasteiger partial charge on any atom is -0.295 e. The number of aromatic nitrogens is 4. The second-order valence-corrected chi connectivity index (χ2v) is 11.4. The van der Waals surface area contributed by atoms with Crippen LogP contribution in [0.5, 0.6) is 0 Å². The normalized spacial score (nSPS) is 13.4. The molecule has 0 fully saturated rings. The molecule has 4 aromatic carbocycles. The van der Waals surface area contributed by atoms with Gasteiger partial charge in [-0.3, -0.25) is 8.80 Å². The molecule has 0 bridgehead atoms. The smallest absolute Gasteiger partial charge is 0.146 e. The van der Waals surface area contributed by atoms with Crippen molar-refractivity contribution in [2.75, 3.05) is 0 Å². The van der Waals surface area contributed by atoms with Gasteiger partial charge in [-0.2, -0.15) is 0 Å². The maximum absolute atomic E-state index is 5.12. The third kappa shape index (κ3) is 2.86. The van der Waals surface area contributed by atoms with Crippen molar-refractivity contribution in [2.45, 2.75) is 12.8 Å². The maximum Gasteiger partial charge on any atom is 0.146 e. The zero-order chi connectivity index (χ0) is 27.4. The molecule has 4 heteroatoms. The minimum atomic E-state index is 0.984. The van der Waals surface area contributed by atoms with Crippen LogP contribution in [0.4, 0.5) is 0 Å². The summed E-state index contributed by atoms with van der Waals surface area (Å²) in [7, 11) is 0. The Hall–Kier alpha value is -5.48. The number of benzene rings is 4. The molecule has 9 aromatic rings. The third-order valence-corrected chi connectivity index (χ3v) is 9.10. The lowest BCUT2D eigenvalue weighted by molar-refractivity contribution is 0.921. The third-order valence-electron chi connectivity index (χ3n) is 9.10. The van der Waals surface area contributed by atoms with Crippen molar-refractivity contribution < 1.29 is 0 Å². The van der Waals surface area contributed by atoms with Gasteiger partial charge in [0.2, 0.25) is 0 Å². The molecule has 196 valence electrons. The summed E-state index contributed by atoms with van der Waals surface area (Å²) < 4.78 is 4.73. The number of allylic oxidation sites excluding steroid dienone is 1. The Balaban J connectivity index is 1.27. The van der Waals surface area contributed by atoms with E-state index < -0.39 is 0 Å². The van der Waals surface area contributed by atoms with Gasteiger partial charge in [-0.15, -0.1) is 0 Å². The molecular weight excluding hydrogens is 512 g/mol. The van der Waals surface area contributed by atoms with Crippen LogP contribution in [0.1, 0.15) is 17.8 Å². The Bertz CT molecular complexity index is 2570. The van der Waals surface area contributed by atoms with E-state index in [9.17, 15) is 0 Å². The molecule has 5 heterocycles. The predicted octanol–water partition coefficient (Wildman–Crippen LogP) is 9.33. The Labute approximate surface area is 241 Å². The maximum atomic E-state index is 5.12. The lowest BCUT2D eigenvalue weighted by Crippen LogP contribution is -1.99. The van der Waals surface area contributed by atoms with Crippen molar-refractivity contribution in [1.82, 2.24) is 18.8 Å². The molecular formula is C38H24N4. The first-order chi connectivity index (χ1) is 20.8. The van der Waals surface area contributed by atoms with Gasteiger partial charge in [-0.25, -0.2) is 9.97 Å². The first kappa shape index (κ1) is 22.2. The number of hydrogen-bond acceptors (Lipinski definition) is 2. The average molecular weight is 537 g/mol. The zero-order valence-electron chi connectivity index (χ0n) is 22.8. The lowest BCUT2D eigenvalue weighted by atomic mass is 9.98. The van der Waals surface area contributed by atoms with Gasteiger partial charge in [0.1, 0.15) is 11.3 Å². The van der Waals surface area contributed by atoms with E-state index in [1.807, 2.05) is 0 Å². The van der Waals surface area contributed by atoms with Crippen molar-refractivity contribution >= 4 is 60.9 Å². The number of pyridine rings is 2. The number of fused-ring (bicyclic) bond motifs is 11. The fraction of sp³-hybridized carbons (Fsp3) is 0.0526. The van der Waals surface area contributed by atoms with Crippen molar-refractivity contribution in [1.29, 1.82) is 0 Å². The summed E-state index contributed by atoms with van der Waals surface area (Å²) in [6, 6.07) is 39.5. The fourth-order valence-corrected chi connectivity index (χ4v) is 7.23. The topological polar surface area (TPSA) is 34.6 Å². The first-order valence-electron chi connectivity index (χ1n) is 14.6. The van der Waals surface area contributed by atoms with Gasteiger partial charge in [0, 0.05) is 27.1 Å². The monoisotopic (exact) mass is 536 g/mol. The number of aryl methyl sites for hydroxylation is 1. The largest absolute Gasteiger partial charge is 0.295 e. The molecule has 0 radical (unpaired) electrons. The van der Waals surface area contributed by atoms with E-state index in [1.165, 1.54) is 60.3 Å². The van der Waals surface area contributed by atoms with Crippen LogP contribution in [0.15, 0.2) is 115 Å². The van der Waals surface area contributed by atoms with Gasteiger partial charge in [-0.05, 0) is 59.7 Å². The summed E-state index contributed by atoms with van der Waals surface area (Å²) >= 11 is 0. The van der Waals surface area contributed by atoms with Crippen LogP contribution in [0.25, 0.3) is 83.2 Å². The van der Waals surface area contributed by atoms with E-state index in [1.54, 1.807) is 0 Å². The molecule has 10 rings (SSSR count). The van der Waals surface area contributed by atoms with Crippen molar-refractivity contribution in [3.8, 4) is 22.4 Å². The summed E-state index contributed by atoms with van der Waals surface area (Å²) in [4.78, 5) is 10.2. The molecule has 0 amide bonds. The molecule has 4 nitrogen and oxygen atoms in total. The quantitative estimate of drug-likeness (QED) is 0.206.